The number of hydrogen-bond donors (Lipinski definition) is 2. The quantitative estimate of drug-likeness (QED) is 0.659. The lowest BCUT2D eigenvalue weighted by molar-refractivity contribution is 0.550. The van der Waals surface area contributed by atoms with E-state index in [1.54, 1.807) is 0 Å². The molecule has 0 heterocycles. The van der Waals surface area contributed by atoms with Crippen molar-refractivity contribution < 1.29 is 0 Å². The standard InChI is InChI=1S/C16H19ClN2/c1-11-7-14(9-15(17)8-11)16(19-18)10-13-6-4-3-5-12(13)2/h3-9,16,19H,10,18H2,1-2H3. The molecule has 100 valence electrons. The van der Waals surface area contributed by atoms with E-state index >= 15 is 0 Å². The van der Waals surface area contributed by atoms with Gasteiger partial charge in [0.25, 0.3) is 0 Å². The van der Waals surface area contributed by atoms with Crippen LogP contribution in [-0.4, -0.2) is 0 Å². The lowest BCUT2D eigenvalue weighted by Gasteiger charge is -2.18. The molecule has 0 spiro atoms. The molecule has 3 N–H and O–H groups in total. The Morgan fingerprint density at radius 2 is 1.89 bits per heavy atom. The van der Waals surface area contributed by atoms with Crippen LogP contribution in [0.1, 0.15) is 28.3 Å². The fraction of sp³-hybridized carbons (Fsp3) is 0.250. The highest BCUT2D eigenvalue weighted by molar-refractivity contribution is 6.30. The lowest BCUT2D eigenvalue weighted by Crippen LogP contribution is -2.29. The van der Waals surface area contributed by atoms with Gasteiger partial charge in [0.2, 0.25) is 0 Å². The summed E-state index contributed by atoms with van der Waals surface area (Å²) in [6.45, 7) is 4.16. The molecule has 0 saturated heterocycles. The third-order valence-corrected chi connectivity index (χ3v) is 3.57. The van der Waals surface area contributed by atoms with Crippen molar-refractivity contribution in [1.29, 1.82) is 0 Å². The first-order valence-electron chi connectivity index (χ1n) is 6.38. The van der Waals surface area contributed by atoms with Gasteiger partial charge in [-0.05, 0) is 54.7 Å². The molecule has 1 unspecified atom stereocenters. The van der Waals surface area contributed by atoms with E-state index in [0.29, 0.717) is 0 Å². The summed E-state index contributed by atoms with van der Waals surface area (Å²) in [5.41, 5.74) is 7.73. The summed E-state index contributed by atoms with van der Waals surface area (Å²) in [4.78, 5) is 0. The van der Waals surface area contributed by atoms with Gasteiger partial charge in [0.1, 0.15) is 0 Å². The second-order valence-corrected chi connectivity index (χ2v) is 5.35. The molecule has 0 bridgehead atoms. The van der Waals surface area contributed by atoms with Crippen LogP contribution >= 0.6 is 11.6 Å². The number of aryl methyl sites for hydroxylation is 2. The fourth-order valence-electron chi connectivity index (χ4n) is 2.30. The third kappa shape index (κ3) is 3.57. The van der Waals surface area contributed by atoms with Crippen molar-refractivity contribution in [2.45, 2.75) is 26.3 Å². The fourth-order valence-corrected chi connectivity index (χ4v) is 2.60. The van der Waals surface area contributed by atoms with Crippen LogP contribution in [0.5, 0.6) is 0 Å². The molecule has 19 heavy (non-hydrogen) atoms. The van der Waals surface area contributed by atoms with Gasteiger partial charge in [-0.3, -0.25) is 11.3 Å². The highest BCUT2D eigenvalue weighted by Crippen LogP contribution is 2.24. The van der Waals surface area contributed by atoms with Crippen LogP contribution in [0, 0.1) is 13.8 Å². The molecule has 0 saturated carbocycles. The maximum absolute atomic E-state index is 6.12. The van der Waals surface area contributed by atoms with Crippen molar-refractivity contribution in [3.63, 3.8) is 0 Å². The Kier molecular flexibility index (Phi) is 4.59. The number of rotatable bonds is 4. The second-order valence-electron chi connectivity index (χ2n) is 4.91. The van der Waals surface area contributed by atoms with E-state index in [2.05, 4.69) is 36.6 Å². The molecule has 2 aromatic carbocycles. The number of hydrazine groups is 1. The van der Waals surface area contributed by atoms with Gasteiger partial charge >= 0.3 is 0 Å². The van der Waals surface area contributed by atoms with Gasteiger partial charge in [0, 0.05) is 5.02 Å². The van der Waals surface area contributed by atoms with Gasteiger partial charge in [0.05, 0.1) is 6.04 Å². The number of hydrogen-bond acceptors (Lipinski definition) is 2. The minimum Gasteiger partial charge on any atom is -0.271 e. The second kappa shape index (κ2) is 6.20. The maximum atomic E-state index is 6.12. The van der Waals surface area contributed by atoms with Crippen molar-refractivity contribution in [1.82, 2.24) is 5.43 Å². The van der Waals surface area contributed by atoms with E-state index in [9.17, 15) is 0 Å². The van der Waals surface area contributed by atoms with Gasteiger partial charge < -0.3 is 0 Å². The summed E-state index contributed by atoms with van der Waals surface area (Å²) >= 11 is 6.12. The van der Waals surface area contributed by atoms with E-state index in [4.69, 9.17) is 17.4 Å². The van der Waals surface area contributed by atoms with E-state index in [-0.39, 0.29) is 6.04 Å². The summed E-state index contributed by atoms with van der Waals surface area (Å²) < 4.78 is 0. The van der Waals surface area contributed by atoms with Crippen LogP contribution in [0.4, 0.5) is 0 Å². The Morgan fingerprint density at radius 1 is 1.16 bits per heavy atom. The maximum Gasteiger partial charge on any atom is 0.0501 e. The molecule has 0 aliphatic heterocycles. The van der Waals surface area contributed by atoms with E-state index in [1.165, 1.54) is 11.1 Å². The minimum absolute atomic E-state index is 0.0681. The van der Waals surface area contributed by atoms with Crippen LogP contribution in [-0.2, 0) is 6.42 Å². The normalized spacial score (nSPS) is 12.4. The highest BCUT2D eigenvalue weighted by atomic mass is 35.5. The highest BCUT2D eigenvalue weighted by Gasteiger charge is 2.12. The Labute approximate surface area is 119 Å². The van der Waals surface area contributed by atoms with Crippen LogP contribution < -0.4 is 11.3 Å². The average molecular weight is 275 g/mol. The number of nitrogens with one attached hydrogen (secondary N) is 1. The Bertz CT molecular complexity index is 546. The first-order chi connectivity index (χ1) is 9.10. The van der Waals surface area contributed by atoms with Crippen molar-refractivity contribution in [2.24, 2.45) is 5.84 Å². The Hall–Kier alpha value is -1.35. The van der Waals surface area contributed by atoms with Crippen LogP contribution in [0.2, 0.25) is 5.02 Å². The topological polar surface area (TPSA) is 38.0 Å². The van der Waals surface area contributed by atoms with Crippen LogP contribution in [0.25, 0.3) is 0 Å². The SMILES string of the molecule is Cc1cc(Cl)cc(C(Cc2ccccc2C)NN)c1. The van der Waals surface area contributed by atoms with Crippen molar-refractivity contribution >= 4 is 11.6 Å². The zero-order chi connectivity index (χ0) is 13.8. The molecule has 0 radical (unpaired) electrons. The van der Waals surface area contributed by atoms with E-state index in [0.717, 1.165) is 22.6 Å². The van der Waals surface area contributed by atoms with Crippen LogP contribution in [0.15, 0.2) is 42.5 Å². The molecule has 0 aliphatic carbocycles. The van der Waals surface area contributed by atoms with Gasteiger partial charge in [-0.15, -0.1) is 0 Å². The predicted molar refractivity (Wildman–Crippen MR) is 81.1 cm³/mol. The number of benzene rings is 2. The monoisotopic (exact) mass is 274 g/mol. The number of halogens is 1. The minimum atomic E-state index is 0.0681. The zero-order valence-electron chi connectivity index (χ0n) is 11.3. The lowest BCUT2D eigenvalue weighted by atomic mass is 9.96. The van der Waals surface area contributed by atoms with Gasteiger partial charge in [-0.1, -0.05) is 41.9 Å². The molecule has 0 aromatic heterocycles. The molecule has 1 atom stereocenters. The summed E-state index contributed by atoms with van der Waals surface area (Å²) in [6, 6.07) is 14.5. The summed E-state index contributed by atoms with van der Waals surface area (Å²) in [5.74, 6) is 5.71. The predicted octanol–water partition coefficient (Wildman–Crippen LogP) is 3.70. The van der Waals surface area contributed by atoms with Gasteiger partial charge in [-0.2, -0.15) is 0 Å². The third-order valence-electron chi connectivity index (χ3n) is 3.35. The first kappa shape index (κ1) is 14.1. The van der Waals surface area contributed by atoms with E-state index < -0.39 is 0 Å². The first-order valence-corrected chi connectivity index (χ1v) is 6.75. The van der Waals surface area contributed by atoms with Gasteiger partial charge in [0.15, 0.2) is 0 Å². The molecule has 2 nitrogen and oxygen atoms in total. The van der Waals surface area contributed by atoms with E-state index in [1.807, 2.05) is 25.1 Å². The molecule has 2 aromatic rings. The molecule has 3 heteroatoms. The summed E-state index contributed by atoms with van der Waals surface area (Å²) in [5, 5.41) is 0.750. The molecule has 0 amide bonds. The largest absolute Gasteiger partial charge is 0.271 e. The van der Waals surface area contributed by atoms with Gasteiger partial charge in [-0.25, -0.2) is 0 Å². The van der Waals surface area contributed by atoms with Crippen molar-refractivity contribution in [2.75, 3.05) is 0 Å². The molecule has 2 rings (SSSR count). The Balaban J connectivity index is 2.28. The summed E-state index contributed by atoms with van der Waals surface area (Å²) in [7, 11) is 0. The average Bonchev–Trinajstić information content (AvgIpc) is 2.36. The number of nitrogens with two attached hydrogens (primary N) is 1. The summed E-state index contributed by atoms with van der Waals surface area (Å²) in [6.07, 6.45) is 0.850. The smallest absolute Gasteiger partial charge is 0.0501 e. The Morgan fingerprint density at radius 3 is 2.53 bits per heavy atom. The van der Waals surface area contributed by atoms with Crippen molar-refractivity contribution in [3.05, 3.63) is 69.7 Å². The van der Waals surface area contributed by atoms with Crippen LogP contribution in [0.3, 0.4) is 0 Å². The van der Waals surface area contributed by atoms with Crippen molar-refractivity contribution in [3.8, 4) is 0 Å². The molecular formula is C16H19ClN2. The zero-order valence-corrected chi connectivity index (χ0v) is 12.0. The molecular weight excluding hydrogens is 256 g/mol. The molecule has 0 fully saturated rings. The molecule has 0 aliphatic rings.